The van der Waals surface area contributed by atoms with Crippen molar-refractivity contribution >= 4 is 33.3 Å². The van der Waals surface area contributed by atoms with Gasteiger partial charge in [0.2, 0.25) is 21.7 Å². The number of ether oxygens (including phenoxy) is 3. The third-order valence-electron chi connectivity index (χ3n) is 5.16. The summed E-state index contributed by atoms with van der Waals surface area (Å²) < 4.78 is 44.4. The van der Waals surface area contributed by atoms with Gasteiger partial charge in [-0.15, -0.1) is 11.3 Å². The van der Waals surface area contributed by atoms with Crippen LogP contribution in [0.2, 0.25) is 0 Å². The van der Waals surface area contributed by atoms with E-state index in [9.17, 15) is 13.2 Å². The molecule has 2 aliphatic rings. The highest BCUT2D eigenvalue weighted by Crippen LogP contribution is 2.40. The van der Waals surface area contributed by atoms with Gasteiger partial charge < -0.3 is 19.1 Å². The number of likely N-dealkylation sites (tertiary alicyclic amines) is 1. The average molecular weight is 465 g/mol. The molecule has 0 aliphatic carbocycles. The second kappa shape index (κ2) is 9.29. The van der Waals surface area contributed by atoms with E-state index in [1.807, 2.05) is 6.07 Å². The average Bonchev–Trinajstić information content (AvgIpc) is 3.33. The Morgan fingerprint density at radius 3 is 2.74 bits per heavy atom. The number of carbonyl (C=O) groups excluding carboxylic acids is 1. The van der Waals surface area contributed by atoms with Crippen LogP contribution < -0.4 is 18.9 Å². The fourth-order valence-electron chi connectivity index (χ4n) is 3.57. The number of carbonyl (C=O) groups is 1. The Labute approximate surface area is 185 Å². The van der Waals surface area contributed by atoms with Crippen LogP contribution in [-0.2, 0) is 14.8 Å². The fraction of sp³-hybridized carbons (Fsp3) is 0.381. The topological polar surface area (TPSA) is 94.2 Å². The molecule has 1 aromatic carbocycles. The van der Waals surface area contributed by atoms with Crippen LogP contribution in [0.25, 0.3) is 6.08 Å². The van der Waals surface area contributed by atoms with Crippen LogP contribution in [0.3, 0.4) is 0 Å². The molecule has 0 saturated carbocycles. The summed E-state index contributed by atoms with van der Waals surface area (Å²) in [6.07, 6.45) is 4.37. The first-order valence-corrected chi connectivity index (χ1v) is 12.3. The van der Waals surface area contributed by atoms with E-state index in [1.54, 1.807) is 41.7 Å². The number of piperidine rings is 1. The molecule has 0 radical (unpaired) electrons. The number of benzene rings is 1. The molecule has 8 nitrogen and oxygen atoms in total. The third kappa shape index (κ3) is 5.03. The van der Waals surface area contributed by atoms with Crippen LogP contribution >= 0.6 is 11.3 Å². The van der Waals surface area contributed by atoms with Crippen molar-refractivity contribution in [3.05, 3.63) is 41.3 Å². The smallest absolute Gasteiger partial charge is 0.250 e. The number of sulfonamides is 1. The Kier molecular flexibility index (Phi) is 6.49. The zero-order valence-corrected chi connectivity index (χ0v) is 18.7. The number of nitrogens with zero attached hydrogens (tertiary/aromatic N) is 1. The number of hydrogen-bond donors (Lipinski definition) is 1. The van der Waals surface area contributed by atoms with Gasteiger partial charge in [0.1, 0.15) is 17.4 Å². The molecule has 31 heavy (non-hydrogen) atoms. The highest BCUT2D eigenvalue weighted by molar-refractivity contribution is 7.91. The molecular formula is C21H24N2O6S2. The van der Waals surface area contributed by atoms with Gasteiger partial charge in [-0.1, -0.05) is 6.07 Å². The number of nitrogens with one attached hydrogen (secondary N) is 1. The van der Waals surface area contributed by atoms with Crippen LogP contribution in [0, 0.1) is 0 Å². The van der Waals surface area contributed by atoms with Crippen molar-refractivity contribution in [3.8, 4) is 17.2 Å². The van der Waals surface area contributed by atoms with E-state index in [-0.39, 0.29) is 11.9 Å². The number of rotatable bonds is 6. The summed E-state index contributed by atoms with van der Waals surface area (Å²) in [4.78, 5) is 14.3. The van der Waals surface area contributed by atoms with Crippen LogP contribution in [-0.4, -0.2) is 58.7 Å². The van der Waals surface area contributed by atoms with Gasteiger partial charge in [-0.05, 0) is 48.1 Å². The maximum Gasteiger partial charge on any atom is 0.250 e. The molecule has 4 rings (SSSR count). The molecule has 1 N–H and O–H groups in total. The number of thiophene rings is 1. The maximum absolute atomic E-state index is 12.6. The van der Waals surface area contributed by atoms with E-state index < -0.39 is 10.0 Å². The number of hydrogen-bond acceptors (Lipinski definition) is 7. The lowest BCUT2D eigenvalue weighted by Gasteiger charge is -2.31. The van der Waals surface area contributed by atoms with Gasteiger partial charge in [0, 0.05) is 25.2 Å². The van der Waals surface area contributed by atoms with E-state index in [4.69, 9.17) is 14.2 Å². The second-order valence-corrected chi connectivity index (χ2v) is 10.1. The van der Waals surface area contributed by atoms with Crippen molar-refractivity contribution in [3.63, 3.8) is 0 Å². The van der Waals surface area contributed by atoms with Gasteiger partial charge in [0.15, 0.2) is 11.5 Å². The molecule has 2 aliphatic heterocycles. The third-order valence-corrected chi connectivity index (χ3v) is 8.08. The Morgan fingerprint density at radius 1 is 1.26 bits per heavy atom. The van der Waals surface area contributed by atoms with Crippen molar-refractivity contribution in [2.75, 3.05) is 33.4 Å². The van der Waals surface area contributed by atoms with Crippen molar-refractivity contribution in [1.82, 2.24) is 9.62 Å². The highest BCUT2D eigenvalue weighted by atomic mass is 32.2. The lowest BCUT2D eigenvalue weighted by atomic mass is 10.1. The monoisotopic (exact) mass is 464 g/mol. The quantitative estimate of drug-likeness (QED) is 0.661. The lowest BCUT2D eigenvalue weighted by Crippen LogP contribution is -2.46. The molecule has 1 aromatic heterocycles. The first-order valence-electron chi connectivity index (χ1n) is 9.97. The SMILES string of the molecule is COc1cc(/C=C/C(=O)N2CCC(NS(=O)(=O)c3cccs3)CC2)cc2c1OCCO2. The number of methoxy groups -OCH3 is 1. The largest absolute Gasteiger partial charge is 0.493 e. The van der Waals surface area contributed by atoms with E-state index >= 15 is 0 Å². The minimum atomic E-state index is -3.50. The van der Waals surface area contributed by atoms with Gasteiger partial charge in [0.05, 0.1) is 7.11 Å². The van der Waals surface area contributed by atoms with Crippen molar-refractivity contribution in [2.45, 2.75) is 23.1 Å². The standard InChI is InChI=1S/C21H24N2O6S2/c1-27-17-13-15(14-18-21(17)29-11-10-28-18)4-5-19(24)23-8-6-16(7-9-23)22-31(25,26)20-3-2-12-30-20/h2-5,12-14,16,22H,6-11H2,1H3/b5-4+. The van der Waals surface area contributed by atoms with E-state index in [1.165, 1.54) is 17.4 Å². The maximum atomic E-state index is 12.6. The van der Waals surface area contributed by atoms with Crippen molar-refractivity contribution in [2.24, 2.45) is 0 Å². The van der Waals surface area contributed by atoms with E-state index in [0.717, 1.165) is 5.56 Å². The summed E-state index contributed by atoms with van der Waals surface area (Å²) in [5.74, 6) is 1.61. The Morgan fingerprint density at radius 2 is 2.03 bits per heavy atom. The van der Waals surface area contributed by atoms with Crippen LogP contribution in [0.4, 0.5) is 0 Å². The molecular weight excluding hydrogens is 440 g/mol. The zero-order chi connectivity index (χ0) is 21.8. The summed E-state index contributed by atoms with van der Waals surface area (Å²) in [6, 6.07) is 6.73. The van der Waals surface area contributed by atoms with Gasteiger partial charge in [0.25, 0.3) is 0 Å². The normalized spacial score (nSPS) is 17.1. The summed E-state index contributed by atoms with van der Waals surface area (Å²) >= 11 is 1.19. The summed E-state index contributed by atoms with van der Waals surface area (Å²) in [6.45, 7) is 1.92. The molecule has 1 saturated heterocycles. The molecule has 0 spiro atoms. The molecule has 3 heterocycles. The van der Waals surface area contributed by atoms with Gasteiger partial charge in [-0.25, -0.2) is 13.1 Å². The Bertz CT molecular complexity index is 1040. The highest BCUT2D eigenvalue weighted by Gasteiger charge is 2.26. The van der Waals surface area contributed by atoms with Crippen molar-refractivity contribution in [1.29, 1.82) is 0 Å². The van der Waals surface area contributed by atoms with Crippen LogP contribution in [0.1, 0.15) is 18.4 Å². The number of amides is 1. The molecule has 2 aromatic rings. The molecule has 0 bridgehead atoms. The summed E-state index contributed by atoms with van der Waals surface area (Å²) in [5.41, 5.74) is 0.771. The van der Waals surface area contributed by atoms with E-state index in [2.05, 4.69) is 4.72 Å². The van der Waals surface area contributed by atoms with E-state index in [0.29, 0.717) is 60.6 Å². The van der Waals surface area contributed by atoms with Crippen molar-refractivity contribution < 1.29 is 27.4 Å². The number of fused-ring (bicyclic) bond motifs is 1. The zero-order valence-electron chi connectivity index (χ0n) is 17.1. The molecule has 1 fully saturated rings. The molecule has 1 amide bonds. The summed E-state index contributed by atoms with van der Waals surface area (Å²) in [7, 11) is -1.94. The lowest BCUT2D eigenvalue weighted by molar-refractivity contribution is -0.126. The molecule has 0 atom stereocenters. The molecule has 0 unspecified atom stereocenters. The molecule has 10 heteroatoms. The van der Waals surface area contributed by atoms with Crippen LogP contribution in [0.5, 0.6) is 17.2 Å². The summed E-state index contributed by atoms with van der Waals surface area (Å²) in [5, 5.41) is 1.74. The van der Waals surface area contributed by atoms with Gasteiger partial charge in [-0.3, -0.25) is 4.79 Å². The predicted molar refractivity (Wildman–Crippen MR) is 117 cm³/mol. The van der Waals surface area contributed by atoms with Gasteiger partial charge >= 0.3 is 0 Å². The minimum absolute atomic E-state index is 0.117. The van der Waals surface area contributed by atoms with Crippen LogP contribution in [0.15, 0.2) is 39.9 Å². The Balaban J connectivity index is 1.35. The van der Waals surface area contributed by atoms with Gasteiger partial charge in [-0.2, -0.15) is 0 Å². The first-order chi connectivity index (χ1) is 15.0. The Hall–Kier alpha value is -2.56. The fourth-order valence-corrected chi connectivity index (χ4v) is 5.89. The minimum Gasteiger partial charge on any atom is -0.493 e. The predicted octanol–water partition coefficient (Wildman–Crippen LogP) is 2.51. The second-order valence-electron chi connectivity index (χ2n) is 7.23. The molecule has 166 valence electrons. The first kappa shape index (κ1) is 21.7.